The number of hydrogen-bond acceptors (Lipinski definition) is 3. The van der Waals surface area contributed by atoms with Gasteiger partial charge in [0.1, 0.15) is 5.75 Å². The van der Waals surface area contributed by atoms with Gasteiger partial charge in [0, 0.05) is 31.3 Å². The number of hydrogen-bond donors (Lipinski definition) is 1. The van der Waals surface area contributed by atoms with E-state index in [0.29, 0.717) is 0 Å². The van der Waals surface area contributed by atoms with Crippen LogP contribution in [0.1, 0.15) is 24.2 Å². The Morgan fingerprint density at radius 3 is 2.74 bits per heavy atom. The monoisotopic (exact) mass is 259 g/mol. The zero-order chi connectivity index (χ0) is 13.7. The number of ether oxygens (including phenoxy) is 1. The molecule has 4 heteroatoms. The third kappa shape index (κ3) is 3.35. The number of para-hydroxylation sites is 1. The van der Waals surface area contributed by atoms with E-state index in [4.69, 9.17) is 4.74 Å². The summed E-state index contributed by atoms with van der Waals surface area (Å²) in [6.45, 7) is 3.02. The maximum absolute atomic E-state index is 5.45. The van der Waals surface area contributed by atoms with Crippen LogP contribution in [0.2, 0.25) is 0 Å². The van der Waals surface area contributed by atoms with Crippen molar-refractivity contribution in [1.29, 1.82) is 0 Å². The van der Waals surface area contributed by atoms with E-state index in [9.17, 15) is 0 Å². The summed E-state index contributed by atoms with van der Waals surface area (Å²) in [5, 5.41) is 7.95. The molecule has 1 N–H and O–H groups in total. The fourth-order valence-electron chi connectivity index (χ4n) is 2.27. The normalized spacial score (nSPS) is 12.4. The molecule has 2 rings (SSSR count). The van der Waals surface area contributed by atoms with E-state index in [1.165, 1.54) is 5.56 Å². The highest BCUT2D eigenvalue weighted by molar-refractivity contribution is 5.36. The second-order valence-electron chi connectivity index (χ2n) is 4.54. The second-order valence-corrected chi connectivity index (χ2v) is 4.54. The van der Waals surface area contributed by atoms with Gasteiger partial charge in [-0.05, 0) is 18.7 Å². The van der Waals surface area contributed by atoms with E-state index in [2.05, 4.69) is 29.5 Å². The third-order valence-corrected chi connectivity index (χ3v) is 3.15. The molecule has 1 unspecified atom stereocenters. The van der Waals surface area contributed by atoms with Crippen LogP contribution in [-0.2, 0) is 13.5 Å². The maximum atomic E-state index is 5.45. The van der Waals surface area contributed by atoms with Gasteiger partial charge in [0.05, 0.1) is 12.8 Å². The number of benzene rings is 1. The molecule has 0 spiro atoms. The lowest BCUT2D eigenvalue weighted by Gasteiger charge is -2.19. The minimum atomic E-state index is 0.219. The average Bonchev–Trinajstić information content (AvgIpc) is 2.84. The van der Waals surface area contributed by atoms with Gasteiger partial charge in [-0.15, -0.1) is 0 Å². The van der Waals surface area contributed by atoms with Crippen LogP contribution >= 0.6 is 0 Å². The van der Waals surface area contributed by atoms with Crippen molar-refractivity contribution >= 4 is 0 Å². The van der Waals surface area contributed by atoms with Gasteiger partial charge in [0.25, 0.3) is 0 Å². The van der Waals surface area contributed by atoms with E-state index in [0.717, 1.165) is 24.4 Å². The number of aromatic nitrogens is 2. The first-order valence-corrected chi connectivity index (χ1v) is 6.59. The van der Waals surface area contributed by atoms with Crippen LogP contribution in [0.25, 0.3) is 0 Å². The summed E-state index contributed by atoms with van der Waals surface area (Å²) in [6.07, 6.45) is 2.83. The van der Waals surface area contributed by atoms with Crippen LogP contribution in [0.5, 0.6) is 5.75 Å². The molecule has 1 aromatic carbocycles. The molecule has 1 atom stereocenters. The lowest BCUT2D eigenvalue weighted by Crippen LogP contribution is -2.23. The molecule has 19 heavy (non-hydrogen) atoms. The molecule has 0 radical (unpaired) electrons. The van der Waals surface area contributed by atoms with E-state index in [1.54, 1.807) is 7.11 Å². The third-order valence-electron chi connectivity index (χ3n) is 3.15. The molecule has 0 bridgehead atoms. The van der Waals surface area contributed by atoms with Gasteiger partial charge in [0.15, 0.2) is 0 Å². The lowest BCUT2D eigenvalue weighted by molar-refractivity contribution is 0.398. The summed E-state index contributed by atoms with van der Waals surface area (Å²) < 4.78 is 7.28. The summed E-state index contributed by atoms with van der Waals surface area (Å²) in [7, 11) is 3.65. The first kappa shape index (κ1) is 13.6. The Morgan fingerprint density at radius 2 is 2.11 bits per heavy atom. The van der Waals surface area contributed by atoms with Crippen LogP contribution in [0.4, 0.5) is 0 Å². The van der Waals surface area contributed by atoms with Crippen LogP contribution < -0.4 is 10.1 Å². The van der Waals surface area contributed by atoms with Gasteiger partial charge >= 0.3 is 0 Å². The highest BCUT2D eigenvalue weighted by atomic mass is 16.5. The number of nitrogens with one attached hydrogen (secondary N) is 1. The molecule has 0 saturated carbocycles. The van der Waals surface area contributed by atoms with Crippen molar-refractivity contribution in [2.45, 2.75) is 19.4 Å². The van der Waals surface area contributed by atoms with E-state index in [1.807, 2.05) is 36.1 Å². The van der Waals surface area contributed by atoms with Crippen molar-refractivity contribution in [3.8, 4) is 5.75 Å². The Balaban J connectivity index is 2.23. The number of nitrogens with zero attached hydrogens (tertiary/aromatic N) is 2. The molecule has 2 aromatic rings. The molecular weight excluding hydrogens is 238 g/mol. The Labute approximate surface area is 114 Å². The van der Waals surface area contributed by atoms with Crippen molar-refractivity contribution in [3.63, 3.8) is 0 Å². The van der Waals surface area contributed by atoms with Gasteiger partial charge in [0.2, 0.25) is 0 Å². The molecule has 4 nitrogen and oxygen atoms in total. The zero-order valence-corrected chi connectivity index (χ0v) is 11.8. The predicted molar refractivity (Wildman–Crippen MR) is 76.3 cm³/mol. The lowest BCUT2D eigenvalue weighted by atomic mass is 10.0. The molecule has 0 aliphatic heterocycles. The molecule has 0 saturated heterocycles. The van der Waals surface area contributed by atoms with Crippen LogP contribution in [0, 0.1) is 0 Å². The highest BCUT2D eigenvalue weighted by Crippen LogP contribution is 2.26. The standard InChI is InChI=1S/C15H21N3O/c1-4-16-14(11-12-9-10-18(2)17-12)13-7-5-6-8-15(13)19-3/h5-10,14,16H,4,11H2,1-3H3. The largest absolute Gasteiger partial charge is 0.496 e. The maximum Gasteiger partial charge on any atom is 0.123 e. The zero-order valence-electron chi connectivity index (χ0n) is 11.8. The molecule has 0 amide bonds. The minimum Gasteiger partial charge on any atom is -0.496 e. The van der Waals surface area contributed by atoms with Crippen LogP contribution in [0.3, 0.4) is 0 Å². The Hall–Kier alpha value is -1.81. The van der Waals surface area contributed by atoms with Crippen molar-refractivity contribution in [2.75, 3.05) is 13.7 Å². The fourth-order valence-corrected chi connectivity index (χ4v) is 2.27. The molecule has 0 aliphatic carbocycles. The van der Waals surface area contributed by atoms with Gasteiger partial charge in [-0.2, -0.15) is 5.10 Å². The topological polar surface area (TPSA) is 39.1 Å². The number of methoxy groups -OCH3 is 1. The molecule has 0 aliphatic rings. The average molecular weight is 259 g/mol. The van der Waals surface area contributed by atoms with Gasteiger partial charge < -0.3 is 10.1 Å². The van der Waals surface area contributed by atoms with E-state index >= 15 is 0 Å². The van der Waals surface area contributed by atoms with Gasteiger partial charge in [-0.3, -0.25) is 4.68 Å². The molecule has 0 fully saturated rings. The molecule has 102 valence electrons. The van der Waals surface area contributed by atoms with E-state index < -0.39 is 0 Å². The minimum absolute atomic E-state index is 0.219. The Bertz CT molecular complexity index is 522. The Morgan fingerprint density at radius 1 is 1.32 bits per heavy atom. The molecule has 1 aromatic heterocycles. The second kappa shape index (κ2) is 6.38. The first-order valence-electron chi connectivity index (χ1n) is 6.59. The van der Waals surface area contributed by atoms with Crippen molar-refractivity contribution in [2.24, 2.45) is 7.05 Å². The van der Waals surface area contributed by atoms with Gasteiger partial charge in [-0.25, -0.2) is 0 Å². The summed E-state index contributed by atoms with van der Waals surface area (Å²) in [5.74, 6) is 0.921. The van der Waals surface area contributed by atoms with Crippen molar-refractivity contribution in [3.05, 3.63) is 47.8 Å². The van der Waals surface area contributed by atoms with Crippen LogP contribution in [0.15, 0.2) is 36.5 Å². The Kier molecular flexibility index (Phi) is 4.58. The number of aryl methyl sites for hydroxylation is 1. The van der Waals surface area contributed by atoms with Crippen molar-refractivity contribution in [1.82, 2.24) is 15.1 Å². The highest BCUT2D eigenvalue weighted by Gasteiger charge is 2.16. The predicted octanol–water partition coefficient (Wildman–Crippen LogP) is 2.32. The SMILES string of the molecule is CCNC(Cc1ccn(C)n1)c1ccccc1OC. The molecular formula is C15H21N3O. The smallest absolute Gasteiger partial charge is 0.123 e. The molecule has 1 heterocycles. The van der Waals surface area contributed by atoms with E-state index in [-0.39, 0.29) is 6.04 Å². The summed E-state index contributed by atoms with van der Waals surface area (Å²) in [4.78, 5) is 0. The van der Waals surface area contributed by atoms with Crippen LogP contribution in [-0.4, -0.2) is 23.4 Å². The first-order chi connectivity index (χ1) is 9.24. The number of rotatable bonds is 6. The number of likely N-dealkylation sites (N-methyl/N-ethyl adjacent to an activating group) is 1. The van der Waals surface area contributed by atoms with Crippen molar-refractivity contribution < 1.29 is 4.74 Å². The summed E-state index contributed by atoms with van der Waals surface area (Å²) >= 11 is 0. The summed E-state index contributed by atoms with van der Waals surface area (Å²) in [6, 6.07) is 10.4. The quantitative estimate of drug-likeness (QED) is 0.865. The fraction of sp³-hybridized carbons (Fsp3) is 0.400. The summed E-state index contributed by atoms with van der Waals surface area (Å²) in [5.41, 5.74) is 2.26. The van der Waals surface area contributed by atoms with Gasteiger partial charge in [-0.1, -0.05) is 25.1 Å².